The molecule has 2 aliphatic rings. The summed E-state index contributed by atoms with van der Waals surface area (Å²) in [6, 6.07) is 0. The van der Waals surface area contributed by atoms with Crippen molar-refractivity contribution in [3.05, 3.63) is 17.8 Å². The van der Waals surface area contributed by atoms with Gasteiger partial charge in [0.15, 0.2) is 11.5 Å². The van der Waals surface area contributed by atoms with Crippen LogP contribution in [0.2, 0.25) is 0 Å². The van der Waals surface area contributed by atoms with Crippen LogP contribution in [0.15, 0.2) is 20.6 Å². The average Bonchev–Trinajstić information content (AvgIpc) is 3.32. The minimum Gasteiger partial charge on any atom is -0.419 e. The largest absolute Gasteiger partial charge is 0.419 e. The van der Waals surface area contributed by atoms with E-state index in [2.05, 4.69) is 39.2 Å². The third-order valence-electron chi connectivity index (χ3n) is 4.90. The summed E-state index contributed by atoms with van der Waals surface area (Å²) >= 11 is 0. The lowest BCUT2D eigenvalue weighted by atomic mass is 9.97. The molecule has 1 saturated heterocycles. The van der Waals surface area contributed by atoms with Crippen LogP contribution in [-0.4, -0.2) is 56.0 Å². The zero-order valence-electron chi connectivity index (χ0n) is 16.4. The maximum absolute atomic E-state index is 6.02. The number of nitrogen functional groups attached to an aromatic ring is 1. The highest BCUT2D eigenvalue weighted by Crippen LogP contribution is 2.27. The van der Waals surface area contributed by atoms with Crippen molar-refractivity contribution in [2.45, 2.75) is 39.0 Å². The van der Waals surface area contributed by atoms with Gasteiger partial charge in [-0.15, -0.1) is 10.2 Å². The molecule has 0 spiro atoms. The second-order valence-corrected chi connectivity index (χ2v) is 8.92. The molecule has 0 radical (unpaired) electrons. The molecule has 0 bridgehead atoms. The minimum atomic E-state index is -0.254. The van der Waals surface area contributed by atoms with Crippen molar-refractivity contribution in [3.8, 4) is 11.6 Å². The Balaban J connectivity index is 1.58. The van der Waals surface area contributed by atoms with Crippen molar-refractivity contribution in [1.82, 2.24) is 24.8 Å². The van der Waals surface area contributed by atoms with Gasteiger partial charge in [0.2, 0.25) is 5.89 Å². The summed E-state index contributed by atoms with van der Waals surface area (Å²) in [5.74, 6) is 2.37. The molecule has 1 unspecified atom stereocenters. The molecule has 2 aliphatic heterocycles. The van der Waals surface area contributed by atoms with E-state index in [0.717, 1.165) is 37.5 Å². The third kappa shape index (κ3) is 3.82. The van der Waals surface area contributed by atoms with E-state index in [-0.39, 0.29) is 17.1 Å². The fraction of sp³-hybridized carbons (Fsp3) is 0.556. The molecule has 28 heavy (non-hydrogen) atoms. The first-order valence-electron chi connectivity index (χ1n) is 9.40. The summed E-state index contributed by atoms with van der Waals surface area (Å²) in [5.41, 5.74) is 7.59. The number of hydrogen-bond acceptors (Lipinski definition) is 9. The van der Waals surface area contributed by atoms with Crippen molar-refractivity contribution < 1.29 is 4.42 Å². The number of hydrogen-bond donors (Lipinski definition) is 1. The maximum atomic E-state index is 6.02. The van der Waals surface area contributed by atoms with Gasteiger partial charge in [-0.2, -0.15) is 0 Å². The van der Waals surface area contributed by atoms with Crippen LogP contribution >= 0.6 is 9.39 Å². The lowest BCUT2D eigenvalue weighted by Crippen LogP contribution is -2.29. The Morgan fingerprint density at radius 1 is 1.21 bits per heavy atom. The minimum absolute atomic E-state index is 0.250. The smallest absolute Gasteiger partial charge is 0.270 e. The Labute approximate surface area is 166 Å². The van der Waals surface area contributed by atoms with Crippen molar-refractivity contribution >= 4 is 26.8 Å². The molecule has 2 N–H and O–H groups in total. The molecular formula is C18H25N8OP. The fourth-order valence-corrected chi connectivity index (χ4v) is 3.50. The van der Waals surface area contributed by atoms with E-state index in [1.165, 1.54) is 0 Å². The van der Waals surface area contributed by atoms with Gasteiger partial charge in [0.05, 0.1) is 18.5 Å². The molecule has 4 rings (SSSR count). The summed E-state index contributed by atoms with van der Waals surface area (Å²) < 4.78 is 8.03. The molecule has 0 saturated carbocycles. The number of rotatable bonds is 3. The van der Waals surface area contributed by atoms with Crippen molar-refractivity contribution in [2.75, 3.05) is 25.4 Å². The van der Waals surface area contributed by atoms with E-state index in [1.54, 1.807) is 6.20 Å². The van der Waals surface area contributed by atoms with E-state index >= 15 is 0 Å². The van der Waals surface area contributed by atoms with E-state index in [9.17, 15) is 0 Å². The lowest BCUT2D eigenvalue weighted by molar-refractivity contribution is 0.340. The van der Waals surface area contributed by atoms with Gasteiger partial charge in [-0.3, -0.25) is 9.66 Å². The highest BCUT2D eigenvalue weighted by Gasteiger charge is 2.27. The van der Waals surface area contributed by atoms with E-state index in [1.807, 2.05) is 20.8 Å². The van der Waals surface area contributed by atoms with Crippen LogP contribution in [0.5, 0.6) is 0 Å². The molecule has 10 heteroatoms. The van der Waals surface area contributed by atoms with Crippen LogP contribution in [0.4, 0.5) is 5.82 Å². The molecule has 0 aliphatic carbocycles. The molecule has 0 aromatic carbocycles. The average molecular weight is 400 g/mol. The van der Waals surface area contributed by atoms with Crippen LogP contribution in [-0.2, 0) is 5.41 Å². The zero-order valence-corrected chi connectivity index (χ0v) is 17.5. The zero-order chi connectivity index (χ0) is 19.9. The van der Waals surface area contributed by atoms with Crippen molar-refractivity contribution in [2.24, 2.45) is 15.9 Å². The van der Waals surface area contributed by atoms with Crippen molar-refractivity contribution in [1.29, 1.82) is 0 Å². The fourth-order valence-electron chi connectivity index (χ4n) is 3.20. The molecule has 9 nitrogen and oxygen atoms in total. The first-order valence-corrected chi connectivity index (χ1v) is 9.91. The Bertz CT molecular complexity index is 937. The quantitative estimate of drug-likeness (QED) is 0.784. The van der Waals surface area contributed by atoms with Gasteiger partial charge in [-0.25, -0.2) is 15.0 Å². The second-order valence-electron chi connectivity index (χ2n) is 8.19. The molecule has 2 aromatic rings. The standard InChI is InChI=1S/C18H25N8OP/c1-18(2,3)17-25-24-16(27-17)13-14(19)20-8-11(22-13)12-9-21-15(23-12)10-4-6-26(28)7-5-10/h8,10H,4-7,9,28H2,1-3H3,(H2,19,20). The van der Waals surface area contributed by atoms with Gasteiger partial charge in [-0.05, 0) is 12.8 Å². The number of piperidine rings is 1. The summed E-state index contributed by atoms with van der Waals surface area (Å²) in [6.45, 7) is 8.60. The number of aromatic nitrogens is 4. The number of aliphatic imine (C=N–C) groups is 2. The highest BCUT2D eigenvalue weighted by atomic mass is 31.0. The molecule has 148 valence electrons. The number of anilines is 1. The normalized spacial score (nSPS) is 19.0. The highest BCUT2D eigenvalue weighted by molar-refractivity contribution is 7.13. The summed E-state index contributed by atoms with van der Waals surface area (Å²) in [5, 5.41) is 8.22. The third-order valence-corrected chi connectivity index (χ3v) is 5.42. The van der Waals surface area contributed by atoms with Gasteiger partial charge >= 0.3 is 0 Å². The van der Waals surface area contributed by atoms with E-state index in [4.69, 9.17) is 15.1 Å². The van der Waals surface area contributed by atoms with Crippen molar-refractivity contribution in [3.63, 3.8) is 0 Å². The van der Waals surface area contributed by atoms with Gasteiger partial charge < -0.3 is 10.2 Å². The first-order chi connectivity index (χ1) is 13.3. The molecule has 1 fully saturated rings. The summed E-state index contributed by atoms with van der Waals surface area (Å²) in [6.07, 6.45) is 3.76. The topological polar surface area (TPSA) is 119 Å². The Hall–Kier alpha value is -2.25. The Morgan fingerprint density at radius 2 is 1.96 bits per heavy atom. The Kier molecular flexibility index (Phi) is 4.97. The monoisotopic (exact) mass is 400 g/mol. The molecular weight excluding hydrogens is 375 g/mol. The second kappa shape index (κ2) is 7.29. The number of nitrogens with two attached hydrogens (primary N) is 1. The van der Waals surface area contributed by atoms with Gasteiger partial charge in [0, 0.05) is 24.4 Å². The first kappa shape index (κ1) is 19.1. The number of amidine groups is 1. The summed E-state index contributed by atoms with van der Waals surface area (Å²) in [4.78, 5) is 18.3. The lowest BCUT2D eigenvalue weighted by Gasteiger charge is -2.27. The number of nitrogens with zero attached hydrogens (tertiary/aromatic N) is 7. The maximum Gasteiger partial charge on any atom is 0.270 e. The molecule has 4 heterocycles. The molecule has 2 aromatic heterocycles. The predicted molar refractivity (Wildman–Crippen MR) is 111 cm³/mol. The van der Waals surface area contributed by atoms with Crippen LogP contribution in [0.3, 0.4) is 0 Å². The van der Waals surface area contributed by atoms with Crippen LogP contribution < -0.4 is 5.73 Å². The van der Waals surface area contributed by atoms with Crippen LogP contribution in [0.1, 0.15) is 45.2 Å². The molecule has 1 atom stereocenters. The summed E-state index contributed by atoms with van der Waals surface area (Å²) in [7, 11) is 2.76. The van der Waals surface area contributed by atoms with E-state index in [0.29, 0.717) is 29.7 Å². The van der Waals surface area contributed by atoms with Crippen LogP contribution in [0, 0.1) is 5.92 Å². The van der Waals surface area contributed by atoms with Gasteiger partial charge in [-0.1, -0.05) is 30.2 Å². The van der Waals surface area contributed by atoms with Crippen LogP contribution in [0.25, 0.3) is 11.6 Å². The molecule has 0 amide bonds. The van der Waals surface area contributed by atoms with E-state index < -0.39 is 0 Å². The van der Waals surface area contributed by atoms with Gasteiger partial charge in [0.1, 0.15) is 11.5 Å². The predicted octanol–water partition coefficient (Wildman–Crippen LogP) is 2.11. The Morgan fingerprint density at radius 3 is 2.64 bits per heavy atom. The SMILES string of the molecule is CC(C)(C)c1nnc(-c2nc(C3=NC(C4CCN(P)CC4)=NC3)cnc2N)o1. The van der Waals surface area contributed by atoms with Gasteiger partial charge in [0.25, 0.3) is 5.89 Å².